The molecule has 1 amide bonds. The van der Waals surface area contributed by atoms with Crippen molar-refractivity contribution in [2.24, 2.45) is 0 Å². The van der Waals surface area contributed by atoms with E-state index in [1.807, 2.05) is 24.0 Å². The van der Waals surface area contributed by atoms with Gasteiger partial charge in [0.1, 0.15) is 0 Å². The van der Waals surface area contributed by atoms with E-state index in [4.69, 9.17) is 0 Å². The number of benzene rings is 1. The highest BCUT2D eigenvalue weighted by molar-refractivity contribution is 7.99. The van der Waals surface area contributed by atoms with E-state index >= 15 is 0 Å². The number of carbonyl (C=O) groups is 1. The number of hydrogen-bond donors (Lipinski definition) is 0. The molecule has 0 N–H and O–H groups in total. The Bertz CT molecular complexity index is 745. The first-order valence-corrected chi connectivity index (χ1v) is 9.87. The second kappa shape index (κ2) is 7.99. The zero-order valence-electron chi connectivity index (χ0n) is 15.1. The number of aryl methyl sites for hydroxylation is 2. The molecule has 0 saturated carbocycles. The van der Waals surface area contributed by atoms with Crippen LogP contribution in [0.2, 0.25) is 0 Å². The predicted octanol–water partition coefficient (Wildman–Crippen LogP) is 3.16. The third-order valence-corrected chi connectivity index (χ3v) is 5.67. The molecule has 0 bridgehead atoms. The Morgan fingerprint density at radius 1 is 1.32 bits per heavy atom. The third-order valence-electron chi connectivity index (χ3n) is 4.76. The zero-order valence-corrected chi connectivity index (χ0v) is 15.9. The molecule has 0 radical (unpaired) electrons. The quantitative estimate of drug-likeness (QED) is 0.767. The predicted molar refractivity (Wildman–Crippen MR) is 99.0 cm³/mol. The molecule has 1 aromatic carbocycles. The minimum atomic E-state index is 0.187. The summed E-state index contributed by atoms with van der Waals surface area (Å²) in [6.07, 6.45) is 4.47. The number of hydrogen-bond acceptors (Lipinski definition) is 5. The van der Waals surface area contributed by atoms with Crippen molar-refractivity contribution in [1.29, 1.82) is 0 Å². The number of amides is 1. The second-order valence-corrected chi connectivity index (χ2v) is 7.54. The Hall–Kier alpha value is -1.89. The van der Waals surface area contributed by atoms with Gasteiger partial charge in [-0.05, 0) is 61.6 Å². The van der Waals surface area contributed by atoms with Crippen molar-refractivity contribution in [1.82, 2.24) is 25.1 Å². The summed E-state index contributed by atoms with van der Waals surface area (Å²) in [6, 6.07) is 6.56. The summed E-state index contributed by atoms with van der Waals surface area (Å²) in [4.78, 5) is 14.7. The molecule has 7 heteroatoms. The maximum absolute atomic E-state index is 12.6. The Morgan fingerprint density at radius 2 is 2.16 bits per heavy atom. The van der Waals surface area contributed by atoms with E-state index in [-0.39, 0.29) is 5.91 Å². The summed E-state index contributed by atoms with van der Waals surface area (Å²) >= 11 is 1.41. The lowest BCUT2D eigenvalue weighted by Crippen LogP contribution is -2.44. The Labute approximate surface area is 153 Å². The van der Waals surface area contributed by atoms with Gasteiger partial charge in [0.2, 0.25) is 11.1 Å². The maximum atomic E-state index is 12.6. The molecule has 1 aromatic heterocycles. The molecule has 0 aliphatic carbocycles. The van der Waals surface area contributed by atoms with Gasteiger partial charge in [-0.2, -0.15) is 4.68 Å². The molecule has 3 rings (SSSR count). The van der Waals surface area contributed by atoms with Crippen molar-refractivity contribution in [3.8, 4) is 5.69 Å². The van der Waals surface area contributed by atoms with Gasteiger partial charge in [-0.15, -0.1) is 5.10 Å². The fourth-order valence-corrected chi connectivity index (χ4v) is 4.20. The number of nitrogens with zero attached hydrogens (tertiary/aromatic N) is 5. The normalized spacial score (nSPS) is 17.7. The molecular weight excluding hydrogens is 334 g/mol. The maximum Gasteiger partial charge on any atom is 0.233 e. The lowest BCUT2D eigenvalue weighted by Gasteiger charge is -2.35. The summed E-state index contributed by atoms with van der Waals surface area (Å²) in [5.74, 6) is 0.564. The van der Waals surface area contributed by atoms with Crippen molar-refractivity contribution in [2.75, 3.05) is 12.3 Å². The molecule has 25 heavy (non-hydrogen) atoms. The molecule has 1 fully saturated rings. The Morgan fingerprint density at radius 3 is 2.92 bits per heavy atom. The van der Waals surface area contributed by atoms with Crippen LogP contribution in [0.1, 0.15) is 43.7 Å². The first-order valence-electron chi connectivity index (χ1n) is 8.88. The summed E-state index contributed by atoms with van der Waals surface area (Å²) in [5.41, 5.74) is 3.27. The van der Waals surface area contributed by atoms with E-state index in [0.29, 0.717) is 17.0 Å². The van der Waals surface area contributed by atoms with Crippen LogP contribution < -0.4 is 0 Å². The van der Waals surface area contributed by atoms with E-state index in [2.05, 4.69) is 35.4 Å². The van der Waals surface area contributed by atoms with Crippen LogP contribution in [0.15, 0.2) is 23.4 Å². The number of piperidine rings is 1. The van der Waals surface area contributed by atoms with E-state index in [0.717, 1.165) is 37.1 Å². The molecule has 2 aromatic rings. The number of rotatable bonds is 5. The smallest absolute Gasteiger partial charge is 0.233 e. The summed E-state index contributed by atoms with van der Waals surface area (Å²) < 4.78 is 1.72. The van der Waals surface area contributed by atoms with Crippen LogP contribution in [-0.4, -0.2) is 49.4 Å². The first-order chi connectivity index (χ1) is 12.1. The second-order valence-electron chi connectivity index (χ2n) is 6.60. The average molecular weight is 359 g/mol. The van der Waals surface area contributed by atoms with Crippen LogP contribution in [0.3, 0.4) is 0 Å². The molecule has 0 unspecified atom stereocenters. The molecule has 1 aliphatic rings. The highest BCUT2D eigenvalue weighted by Crippen LogP contribution is 2.24. The van der Waals surface area contributed by atoms with E-state index in [9.17, 15) is 4.79 Å². The summed E-state index contributed by atoms with van der Waals surface area (Å²) in [5, 5.41) is 12.7. The van der Waals surface area contributed by atoms with Crippen LogP contribution in [0, 0.1) is 13.8 Å². The molecule has 0 spiro atoms. The number of carbonyl (C=O) groups excluding carboxylic acids is 1. The van der Waals surface area contributed by atoms with Crippen LogP contribution in [0.4, 0.5) is 0 Å². The largest absolute Gasteiger partial charge is 0.339 e. The van der Waals surface area contributed by atoms with Gasteiger partial charge in [0.15, 0.2) is 0 Å². The fourth-order valence-electron chi connectivity index (χ4n) is 3.43. The molecule has 1 aliphatic heterocycles. The van der Waals surface area contributed by atoms with Gasteiger partial charge in [0.25, 0.3) is 0 Å². The number of tetrazole rings is 1. The van der Waals surface area contributed by atoms with Crippen molar-refractivity contribution in [2.45, 2.75) is 57.7 Å². The topological polar surface area (TPSA) is 63.9 Å². The minimum absolute atomic E-state index is 0.187. The number of aromatic nitrogens is 4. The van der Waals surface area contributed by atoms with Gasteiger partial charge in [0.05, 0.1) is 11.4 Å². The van der Waals surface area contributed by atoms with Crippen LogP contribution in [0.5, 0.6) is 0 Å². The standard InChI is InChI=1S/C18H25N5OS/c1-4-15-7-5-6-10-22(15)17(24)12-25-18-19-20-21-23(18)16-9-8-13(2)11-14(16)3/h8-9,11,15H,4-7,10,12H2,1-3H3/t15-/m0/s1. The Kier molecular flexibility index (Phi) is 5.73. The van der Waals surface area contributed by atoms with E-state index in [1.165, 1.54) is 23.7 Å². The molecule has 134 valence electrons. The van der Waals surface area contributed by atoms with Gasteiger partial charge in [-0.3, -0.25) is 4.79 Å². The molecule has 1 saturated heterocycles. The molecule has 1 atom stereocenters. The highest BCUT2D eigenvalue weighted by atomic mass is 32.2. The zero-order chi connectivity index (χ0) is 17.8. The van der Waals surface area contributed by atoms with Crippen molar-refractivity contribution in [3.63, 3.8) is 0 Å². The summed E-state index contributed by atoms with van der Waals surface area (Å²) in [7, 11) is 0. The average Bonchev–Trinajstić information content (AvgIpc) is 3.08. The third kappa shape index (κ3) is 4.03. The van der Waals surface area contributed by atoms with Crippen LogP contribution >= 0.6 is 11.8 Å². The van der Waals surface area contributed by atoms with Crippen molar-refractivity contribution >= 4 is 17.7 Å². The van der Waals surface area contributed by atoms with Crippen molar-refractivity contribution in [3.05, 3.63) is 29.3 Å². The lowest BCUT2D eigenvalue weighted by molar-refractivity contribution is -0.132. The van der Waals surface area contributed by atoms with Gasteiger partial charge < -0.3 is 4.90 Å². The minimum Gasteiger partial charge on any atom is -0.339 e. The van der Waals surface area contributed by atoms with Gasteiger partial charge in [0, 0.05) is 12.6 Å². The van der Waals surface area contributed by atoms with E-state index < -0.39 is 0 Å². The molecule has 6 nitrogen and oxygen atoms in total. The molecular formula is C18H25N5OS. The first kappa shape index (κ1) is 17.9. The van der Waals surface area contributed by atoms with Gasteiger partial charge in [-0.25, -0.2) is 0 Å². The summed E-state index contributed by atoms with van der Waals surface area (Å²) in [6.45, 7) is 7.14. The lowest BCUT2D eigenvalue weighted by atomic mass is 10.0. The highest BCUT2D eigenvalue weighted by Gasteiger charge is 2.25. The molecule has 2 heterocycles. The van der Waals surface area contributed by atoms with E-state index in [1.54, 1.807) is 4.68 Å². The van der Waals surface area contributed by atoms with Crippen LogP contribution in [0.25, 0.3) is 5.69 Å². The fraction of sp³-hybridized carbons (Fsp3) is 0.556. The monoisotopic (exact) mass is 359 g/mol. The van der Waals surface area contributed by atoms with Gasteiger partial charge in [-0.1, -0.05) is 36.4 Å². The van der Waals surface area contributed by atoms with Gasteiger partial charge >= 0.3 is 0 Å². The van der Waals surface area contributed by atoms with Crippen molar-refractivity contribution < 1.29 is 4.79 Å². The SMILES string of the molecule is CC[C@H]1CCCCN1C(=O)CSc1nnnn1-c1ccc(C)cc1C. The Balaban J connectivity index is 1.70. The number of thioether (sulfide) groups is 1. The van der Waals surface area contributed by atoms with Crippen LogP contribution in [-0.2, 0) is 4.79 Å². The number of likely N-dealkylation sites (tertiary alicyclic amines) is 1.